The number of nitrogens with one attached hydrogen (secondary N) is 1. The van der Waals surface area contributed by atoms with Crippen molar-refractivity contribution in [3.05, 3.63) is 77.3 Å². The van der Waals surface area contributed by atoms with E-state index in [1.165, 1.54) is 0 Å². The highest BCUT2D eigenvalue weighted by atomic mass is 35.5. The summed E-state index contributed by atoms with van der Waals surface area (Å²) in [5.41, 5.74) is 5.54. The van der Waals surface area contributed by atoms with E-state index in [1.54, 1.807) is 26.5 Å². The fourth-order valence-electron chi connectivity index (χ4n) is 2.98. The number of aromatic nitrogens is 2. The summed E-state index contributed by atoms with van der Waals surface area (Å²) in [5.74, 6) is 2.57. The SMILES string of the molecule is COc1ccc(/C=N/Nc2nc(-c3ccc(Cl)cc3)nc3ccccc23)c(OC)c1. The van der Waals surface area contributed by atoms with Gasteiger partial charge in [0.2, 0.25) is 0 Å². The van der Waals surface area contributed by atoms with Gasteiger partial charge in [0.15, 0.2) is 11.6 Å². The Labute approximate surface area is 179 Å². The van der Waals surface area contributed by atoms with Gasteiger partial charge in [-0.1, -0.05) is 23.7 Å². The molecule has 7 heteroatoms. The van der Waals surface area contributed by atoms with Crippen LogP contribution in [0.4, 0.5) is 5.82 Å². The molecule has 3 aromatic carbocycles. The molecule has 0 aliphatic heterocycles. The Balaban J connectivity index is 1.68. The van der Waals surface area contributed by atoms with Crippen molar-refractivity contribution in [2.24, 2.45) is 5.10 Å². The van der Waals surface area contributed by atoms with E-state index in [0.29, 0.717) is 28.2 Å². The summed E-state index contributed by atoms with van der Waals surface area (Å²) in [6, 6.07) is 20.7. The van der Waals surface area contributed by atoms with Crippen molar-refractivity contribution >= 4 is 34.5 Å². The second-order valence-corrected chi connectivity index (χ2v) is 6.83. The van der Waals surface area contributed by atoms with Crippen LogP contribution in [0.2, 0.25) is 5.02 Å². The minimum atomic E-state index is 0.588. The van der Waals surface area contributed by atoms with Gasteiger partial charge in [-0.25, -0.2) is 9.97 Å². The van der Waals surface area contributed by atoms with Gasteiger partial charge in [0, 0.05) is 27.6 Å². The third-order valence-electron chi connectivity index (χ3n) is 4.52. The normalized spacial score (nSPS) is 11.0. The van der Waals surface area contributed by atoms with Crippen LogP contribution in [0.5, 0.6) is 11.5 Å². The molecule has 1 heterocycles. The van der Waals surface area contributed by atoms with Gasteiger partial charge in [0.1, 0.15) is 11.5 Å². The number of benzene rings is 3. The zero-order valence-corrected chi connectivity index (χ0v) is 17.2. The summed E-state index contributed by atoms with van der Waals surface area (Å²) in [4.78, 5) is 9.34. The number of hydrogen-bond acceptors (Lipinski definition) is 6. The maximum Gasteiger partial charge on any atom is 0.162 e. The van der Waals surface area contributed by atoms with E-state index in [2.05, 4.69) is 20.5 Å². The number of methoxy groups -OCH3 is 2. The van der Waals surface area contributed by atoms with Crippen LogP contribution in [0, 0.1) is 0 Å². The first-order valence-corrected chi connectivity index (χ1v) is 9.59. The van der Waals surface area contributed by atoms with Gasteiger partial charge in [0.05, 0.1) is 26.0 Å². The van der Waals surface area contributed by atoms with Crippen LogP contribution in [0.15, 0.2) is 71.8 Å². The molecule has 1 aromatic heterocycles. The van der Waals surface area contributed by atoms with Crippen molar-refractivity contribution in [2.75, 3.05) is 19.6 Å². The second kappa shape index (κ2) is 8.80. The van der Waals surface area contributed by atoms with Gasteiger partial charge < -0.3 is 9.47 Å². The number of rotatable bonds is 6. The number of hydrogen-bond donors (Lipinski definition) is 1. The Morgan fingerprint density at radius 2 is 1.73 bits per heavy atom. The molecule has 0 saturated heterocycles. The third-order valence-corrected chi connectivity index (χ3v) is 4.77. The predicted molar refractivity (Wildman–Crippen MR) is 121 cm³/mol. The van der Waals surface area contributed by atoms with E-state index in [4.69, 9.17) is 21.1 Å². The highest BCUT2D eigenvalue weighted by Gasteiger charge is 2.09. The molecular formula is C23H19ClN4O2. The van der Waals surface area contributed by atoms with Gasteiger partial charge in [-0.15, -0.1) is 0 Å². The van der Waals surface area contributed by atoms with E-state index < -0.39 is 0 Å². The molecule has 1 N–H and O–H groups in total. The topological polar surface area (TPSA) is 68.6 Å². The molecule has 0 aliphatic carbocycles. The molecule has 4 aromatic rings. The van der Waals surface area contributed by atoms with Crippen LogP contribution in [0.3, 0.4) is 0 Å². The van der Waals surface area contributed by atoms with Crippen LogP contribution in [-0.2, 0) is 0 Å². The van der Waals surface area contributed by atoms with Crippen molar-refractivity contribution in [1.29, 1.82) is 0 Å². The van der Waals surface area contributed by atoms with E-state index in [9.17, 15) is 0 Å². The molecule has 30 heavy (non-hydrogen) atoms. The van der Waals surface area contributed by atoms with Crippen molar-refractivity contribution in [3.63, 3.8) is 0 Å². The quantitative estimate of drug-likeness (QED) is 0.335. The second-order valence-electron chi connectivity index (χ2n) is 6.40. The number of anilines is 1. The smallest absolute Gasteiger partial charge is 0.162 e. The predicted octanol–water partition coefficient (Wildman–Crippen LogP) is 5.41. The fraction of sp³-hybridized carbons (Fsp3) is 0.0870. The van der Waals surface area contributed by atoms with E-state index >= 15 is 0 Å². The zero-order chi connectivity index (χ0) is 20.9. The lowest BCUT2D eigenvalue weighted by molar-refractivity contribution is 0.394. The number of ether oxygens (including phenoxy) is 2. The molecule has 0 spiro atoms. The largest absolute Gasteiger partial charge is 0.497 e. The van der Waals surface area contributed by atoms with E-state index in [0.717, 1.165) is 22.0 Å². The summed E-state index contributed by atoms with van der Waals surface area (Å²) in [7, 11) is 3.22. The Hall–Kier alpha value is -3.64. The summed E-state index contributed by atoms with van der Waals surface area (Å²) >= 11 is 6.01. The minimum absolute atomic E-state index is 0.588. The van der Waals surface area contributed by atoms with Crippen LogP contribution in [0.1, 0.15) is 5.56 Å². The van der Waals surface area contributed by atoms with Gasteiger partial charge in [0.25, 0.3) is 0 Å². The monoisotopic (exact) mass is 418 g/mol. The molecule has 0 aliphatic rings. The molecule has 0 atom stereocenters. The van der Waals surface area contributed by atoms with E-state index in [-0.39, 0.29) is 0 Å². The fourth-order valence-corrected chi connectivity index (χ4v) is 3.10. The maximum absolute atomic E-state index is 6.01. The van der Waals surface area contributed by atoms with Crippen LogP contribution < -0.4 is 14.9 Å². The summed E-state index contributed by atoms with van der Waals surface area (Å²) in [6.45, 7) is 0. The number of fused-ring (bicyclic) bond motifs is 1. The summed E-state index contributed by atoms with van der Waals surface area (Å²) in [5, 5.41) is 5.90. The Morgan fingerprint density at radius 1 is 0.933 bits per heavy atom. The van der Waals surface area contributed by atoms with Gasteiger partial charge in [-0.3, -0.25) is 5.43 Å². The van der Waals surface area contributed by atoms with Gasteiger partial charge in [-0.2, -0.15) is 5.10 Å². The lowest BCUT2D eigenvalue weighted by atomic mass is 10.2. The van der Waals surface area contributed by atoms with Gasteiger partial charge in [-0.05, 0) is 48.5 Å². The average molecular weight is 419 g/mol. The highest BCUT2D eigenvalue weighted by molar-refractivity contribution is 6.30. The Kier molecular flexibility index (Phi) is 5.77. The maximum atomic E-state index is 6.01. The van der Waals surface area contributed by atoms with Crippen LogP contribution in [0.25, 0.3) is 22.3 Å². The molecule has 4 rings (SSSR count). The molecule has 0 unspecified atom stereocenters. The molecule has 0 fully saturated rings. The first-order chi connectivity index (χ1) is 14.7. The Morgan fingerprint density at radius 3 is 2.50 bits per heavy atom. The lowest BCUT2D eigenvalue weighted by Gasteiger charge is -2.09. The molecule has 6 nitrogen and oxygen atoms in total. The van der Waals surface area contributed by atoms with E-state index in [1.807, 2.05) is 60.7 Å². The van der Waals surface area contributed by atoms with Crippen molar-refractivity contribution in [3.8, 4) is 22.9 Å². The molecule has 0 bridgehead atoms. The standard InChI is InChI=1S/C23H19ClN4O2/c1-29-18-12-9-16(21(13-18)30-2)14-25-28-23-19-5-3-4-6-20(19)26-22(27-23)15-7-10-17(24)11-8-15/h3-14H,1-2H3,(H,26,27,28)/b25-14+. The third kappa shape index (κ3) is 4.18. The van der Waals surface area contributed by atoms with Gasteiger partial charge >= 0.3 is 0 Å². The lowest BCUT2D eigenvalue weighted by Crippen LogP contribution is -2.00. The number of para-hydroxylation sites is 1. The zero-order valence-electron chi connectivity index (χ0n) is 16.5. The first-order valence-electron chi connectivity index (χ1n) is 9.22. The average Bonchev–Trinajstić information content (AvgIpc) is 2.79. The highest BCUT2D eigenvalue weighted by Crippen LogP contribution is 2.26. The number of halogens is 1. The first kappa shape index (κ1) is 19.7. The summed E-state index contributed by atoms with van der Waals surface area (Å²) < 4.78 is 10.6. The van der Waals surface area contributed by atoms with Crippen molar-refractivity contribution < 1.29 is 9.47 Å². The molecule has 0 radical (unpaired) electrons. The van der Waals surface area contributed by atoms with Crippen LogP contribution >= 0.6 is 11.6 Å². The van der Waals surface area contributed by atoms with Crippen LogP contribution in [-0.4, -0.2) is 30.4 Å². The van der Waals surface area contributed by atoms with Crippen molar-refractivity contribution in [1.82, 2.24) is 9.97 Å². The molecule has 0 saturated carbocycles. The Bertz CT molecular complexity index is 1210. The molecule has 150 valence electrons. The van der Waals surface area contributed by atoms with Crippen molar-refractivity contribution in [2.45, 2.75) is 0 Å². The number of hydrazone groups is 1. The summed E-state index contributed by atoms with van der Waals surface area (Å²) in [6.07, 6.45) is 1.68. The minimum Gasteiger partial charge on any atom is -0.497 e. The molecule has 0 amide bonds. The number of nitrogens with zero attached hydrogens (tertiary/aromatic N) is 3. The molecular weight excluding hydrogens is 400 g/mol.